The van der Waals surface area contributed by atoms with Crippen LogP contribution in [-0.2, 0) is 0 Å². The van der Waals surface area contributed by atoms with Crippen LogP contribution in [0.15, 0.2) is 18.3 Å². The number of aromatic amines is 1. The zero-order chi connectivity index (χ0) is 11.0. The van der Waals surface area contributed by atoms with Gasteiger partial charge in [-0.25, -0.2) is 0 Å². The lowest BCUT2D eigenvalue weighted by Gasteiger charge is -2.06. The van der Waals surface area contributed by atoms with Gasteiger partial charge in [0.1, 0.15) is 11.6 Å². The molecular weight excluding hydrogens is 214 g/mol. The van der Waals surface area contributed by atoms with E-state index in [0.29, 0.717) is 22.0 Å². The summed E-state index contributed by atoms with van der Waals surface area (Å²) in [6, 6.07) is 3.58. The molecule has 2 rings (SSSR count). The number of hydrogen-bond donors (Lipinski definition) is 3. The molecule has 0 aliphatic carbocycles. The summed E-state index contributed by atoms with van der Waals surface area (Å²) in [6.45, 7) is 1.78. The lowest BCUT2D eigenvalue weighted by molar-refractivity contribution is 0.471. The van der Waals surface area contributed by atoms with E-state index in [4.69, 9.17) is 17.3 Å². The second kappa shape index (κ2) is 3.47. The monoisotopic (exact) mass is 223 g/mol. The summed E-state index contributed by atoms with van der Waals surface area (Å²) in [5, 5.41) is 16.4. The number of anilines is 1. The fraction of sp³-hybridized carbons (Fsp3) is 0.100. The van der Waals surface area contributed by atoms with Crippen LogP contribution in [0.4, 0.5) is 5.82 Å². The predicted octanol–water partition coefficient (Wildman–Crippen LogP) is 2.33. The average Bonchev–Trinajstić information content (AvgIpc) is 2.62. The number of phenols is 1. The fourth-order valence-electron chi connectivity index (χ4n) is 1.38. The predicted molar refractivity (Wildman–Crippen MR) is 59.8 cm³/mol. The fourth-order valence-corrected chi connectivity index (χ4v) is 1.69. The first-order chi connectivity index (χ1) is 7.11. The van der Waals surface area contributed by atoms with Crippen molar-refractivity contribution < 1.29 is 5.11 Å². The number of nitrogens with two attached hydrogens (primary N) is 1. The minimum absolute atomic E-state index is 0.0785. The van der Waals surface area contributed by atoms with Crippen molar-refractivity contribution in [1.82, 2.24) is 10.2 Å². The largest absolute Gasteiger partial charge is 0.506 e. The van der Waals surface area contributed by atoms with E-state index in [1.165, 1.54) is 0 Å². The number of phenolic OH excluding ortho intramolecular Hbond substituents is 1. The van der Waals surface area contributed by atoms with E-state index in [1.807, 2.05) is 0 Å². The Morgan fingerprint density at radius 2 is 2.13 bits per heavy atom. The van der Waals surface area contributed by atoms with Crippen molar-refractivity contribution in [2.45, 2.75) is 6.92 Å². The smallest absolute Gasteiger partial charge is 0.137 e. The molecule has 4 N–H and O–H groups in total. The van der Waals surface area contributed by atoms with E-state index < -0.39 is 0 Å². The highest BCUT2D eigenvalue weighted by Crippen LogP contribution is 2.38. The Balaban J connectivity index is 2.65. The Morgan fingerprint density at radius 3 is 2.73 bits per heavy atom. The van der Waals surface area contributed by atoms with Crippen LogP contribution in [0.3, 0.4) is 0 Å². The van der Waals surface area contributed by atoms with Crippen LogP contribution in [0, 0.1) is 6.92 Å². The second-order valence-electron chi connectivity index (χ2n) is 3.29. The summed E-state index contributed by atoms with van der Waals surface area (Å²) < 4.78 is 0. The average molecular weight is 224 g/mol. The standard InChI is InChI=1S/C10H10ClN3O/c1-5-2-3-6(8(11)9(5)15)7-4-13-14-10(7)12/h2-4,15H,1H3,(H3,12,13,14). The Labute approximate surface area is 91.7 Å². The van der Waals surface area contributed by atoms with Gasteiger partial charge in [-0.15, -0.1) is 0 Å². The number of halogens is 1. The molecule has 78 valence electrons. The van der Waals surface area contributed by atoms with Gasteiger partial charge in [0, 0.05) is 11.1 Å². The number of aromatic nitrogens is 2. The number of nitrogen functional groups attached to an aromatic ring is 1. The van der Waals surface area contributed by atoms with E-state index >= 15 is 0 Å². The lowest BCUT2D eigenvalue weighted by atomic mass is 10.1. The van der Waals surface area contributed by atoms with E-state index in [0.717, 1.165) is 5.56 Å². The van der Waals surface area contributed by atoms with Crippen LogP contribution in [0.1, 0.15) is 5.56 Å². The molecule has 5 heteroatoms. The van der Waals surface area contributed by atoms with Crippen LogP contribution in [-0.4, -0.2) is 15.3 Å². The van der Waals surface area contributed by atoms with Gasteiger partial charge in [-0.2, -0.15) is 5.10 Å². The van der Waals surface area contributed by atoms with Crippen LogP contribution in [0.25, 0.3) is 11.1 Å². The Kier molecular flexibility index (Phi) is 2.28. The minimum Gasteiger partial charge on any atom is -0.506 e. The maximum absolute atomic E-state index is 9.67. The van der Waals surface area contributed by atoms with E-state index in [9.17, 15) is 5.11 Å². The topological polar surface area (TPSA) is 74.9 Å². The van der Waals surface area contributed by atoms with Crippen molar-refractivity contribution >= 4 is 17.4 Å². The van der Waals surface area contributed by atoms with Crippen molar-refractivity contribution in [3.8, 4) is 16.9 Å². The highest BCUT2D eigenvalue weighted by Gasteiger charge is 2.13. The quantitative estimate of drug-likeness (QED) is 0.695. The van der Waals surface area contributed by atoms with Gasteiger partial charge in [0.05, 0.1) is 11.2 Å². The number of aryl methyl sites for hydroxylation is 1. The molecule has 1 aromatic carbocycles. The van der Waals surface area contributed by atoms with Gasteiger partial charge < -0.3 is 10.8 Å². The molecule has 15 heavy (non-hydrogen) atoms. The van der Waals surface area contributed by atoms with Crippen LogP contribution in [0.2, 0.25) is 5.02 Å². The number of rotatable bonds is 1. The van der Waals surface area contributed by atoms with Crippen LogP contribution < -0.4 is 5.73 Å². The molecule has 0 radical (unpaired) electrons. The molecule has 0 saturated heterocycles. The van der Waals surface area contributed by atoms with Gasteiger partial charge in [0.25, 0.3) is 0 Å². The zero-order valence-corrected chi connectivity index (χ0v) is 8.84. The maximum Gasteiger partial charge on any atom is 0.137 e. The third kappa shape index (κ3) is 1.53. The van der Waals surface area contributed by atoms with Crippen molar-refractivity contribution in [2.75, 3.05) is 5.73 Å². The first kappa shape index (κ1) is 9.86. The molecule has 0 fully saturated rings. The number of nitrogens with zero attached hydrogens (tertiary/aromatic N) is 1. The molecule has 0 bridgehead atoms. The maximum atomic E-state index is 9.67. The molecule has 0 aliphatic rings. The third-order valence-corrected chi connectivity index (χ3v) is 2.66. The van der Waals surface area contributed by atoms with Crippen molar-refractivity contribution in [1.29, 1.82) is 0 Å². The summed E-state index contributed by atoms with van der Waals surface area (Å²) >= 11 is 6.01. The summed E-state index contributed by atoms with van der Waals surface area (Å²) in [5.41, 5.74) is 7.76. The summed E-state index contributed by atoms with van der Waals surface area (Å²) in [7, 11) is 0. The first-order valence-electron chi connectivity index (χ1n) is 4.38. The van der Waals surface area contributed by atoms with Gasteiger partial charge in [0.15, 0.2) is 0 Å². The molecule has 4 nitrogen and oxygen atoms in total. The third-order valence-electron chi connectivity index (χ3n) is 2.28. The Bertz CT molecular complexity index is 507. The van der Waals surface area contributed by atoms with E-state index in [1.54, 1.807) is 25.3 Å². The number of benzene rings is 1. The summed E-state index contributed by atoms with van der Waals surface area (Å²) in [6.07, 6.45) is 1.57. The SMILES string of the molecule is Cc1ccc(-c2cn[nH]c2N)c(Cl)c1O. The highest BCUT2D eigenvalue weighted by molar-refractivity contribution is 6.35. The van der Waals surface area contributed by atoms with Gasteiger partial charge in [0.2, 0.25) is 0 Å². The number of H-pyrrole nitrogens is 1. The molecule has 0 atom stereocenters. The Hall–Kier alpha value is -1.68. The highest BCUT2D eigenvalue weighted by atomic mass is 35.5. The molecule has 1 aromatic heterocycles. The van der Waals surface area contributed by atoms with Gasteiger partial charge in [-0.3, -0.25) is 5.10 Å². The second-order valence-corrected chi connectivity index (χ2v) is 3.67. The normalized spacial score (nSPS) is 10.5. The van der Waals surface area contributed by atoms with E-state index in [-0.39, 0.29) is 5.75 Å². The zero-order valence-electron chi connectivity index (χ0n) is 8.08. The lowest BCUT2D eigenvalue weighted by Crippen LogP contribution is -1.89. The van der Waals surface area contributed by atoms with Crippen LogP contribution >= 0.6 is 11.6 Å². The molecule has 0 spiro atoms. The number of nitrogens with one attached hydrogen (secondary N) is 1. The van der Waals surface area contributed by atoms with Crippen molar-refractivity contribution in [2.24, 2.45) is 0 Å². The minimum atomic E-state index is 0.0785. The van der Waals surface area contributed by atoms with Crippen molar-refractivity contribution in [3.05, 3.63) is 28.9 Å². The summed E-state index contributed by atoms with van der Waals surface area (Å²) in [4.78, 5) is 0. The molecule has 2 aromatic rings. The molecule has 0 unspecified atom stereocenters. The molecule has 0 aliphatic heterocycles. The first-order valence-corrected chi connectivity index (χ1v) is 4.76. The molecule has 1 heterocycles. The molecular formula is C10H10ClN3O. The summed E-state index contributed by atoms with van der Waals surface area (Å²) in [5.74, 6) is 0.509. The van der Waals surface area contributed by atoms with Crippen LogP contribution in [0.5, 0.6) is 5.75 Å². The number of aromatic hydroxyl groups is 1. The molecule has 0 saturated carbocycles. The van der Waals surface area contributed by atoms with Crippen molar-refractivity contribution in [3.63, 3.8) is 0 Å². The Morgan fingerprint density at radius 1 is 1.40 bits per heavy atom. The van der Waals surface area contributed by atoms with E-state index in [2.05, 4.69) is 10.2 Å². The number of hydrogen-bond acceptors (Lipinski definition) is 3. The molecule has 0 amide bonds. The van der Waals surface area contributed by atoms with Gasteiger partial charge >= 0.3 is 0 Å². The van der Waals surface area contributed by atoms with Gasteiger partial charge in [-0.1, -0.05) is 23.7 Å². The van der Waals surface area contributed by atoms with Gasteiger partial charge in [-0.05, 0) is 12.5 Å².